The Morgan fingerprint density at radius 3 is 2.64 bits per heavy atom. The predicted octanol–water partition coefficient (Wildman–Crippen LogP) is 2.64. The molecule has 1 aromatic heterocycles. The van der Waals surface area contributed by atoms with Crippen LogP contribution in [0.1, 0.15) is 36.9 Å². The van der Waals surface area contributed by atoms with Gasteiger partial charge in [0.25, 0.3) is 0 Å². The van der Waals surface area contributed by atoms with Crippen molar-refractivity contribution in [3.63, 3.8) is 0 Å². The number of nitrogens with zero attached hydrogens (tertiary/aromatic N) is 4. The lowest BCUT2D eigenvalue weighted by Crippen LogP contribution is -2.23. The molecule has 2 heterocycles. The fourth-order valence-electron chi connectivity index (χ4n) is 3.26. The van der Waals surface area contributed by atoms with Gasteiger partial charge < -0.3 is 4.90 Å². The molecule has 0 bridgehead atoms. The van der Waals surface area contributed by atoms with E-state index in [1.54, 1.807) is 6.21 Å². The van der Waals surface area contributed by atoms with Crippen LogP contribution in [-0.2, 0) is 4.79 Å². The van der Waals surface area contributed by atoms with Crippen LogP contribution >= 0.6 is 0 Å². The van der Waals surface area contributed by atoms with E-state index in [1.807, 2.05) is 29.8 Å². The monoisotopic (exact) mass is 337 g/mol. The molecule has 4 rings (SSSR count). The zero-order valence-electron chi connectivity index (χ0n) is 14.5. The van der Waals surface area contributed by atoms with E-state index >= 15 is 0 Å². The molecule has 1 saturated carbocycles. The van der Waals surface area contributed by atoms with E-state index in [9.17, 15) is 4.79 Å². The lowest BCUT2D eigenvalue weighted by Gasteiger charge is -2.20. The van der Waals surface area contributed by atoms with Gasteiger partial charge in [0.1, 0.15) is 5.82 Å². The van der Waals surface area contributed by atoms with E-state index in [1.165, 1.54) is 12.8 Å². The molecule has 1 aliphatic carbocycles. The largest absolute Gasteiger partial charge is 0.356 e. The third-order valence-electron chi connectivity index (χ3n) is 4.80. The maximum atomic E-state index is 11.8. The molecule has 0 radical (unpaired) electrons. The topological polar surface area (TPSA) is 62.5 Å². The normalized spacial score (nSPS) is 17.4. The molecule has 25 heavy (non-hydrogen) atoms. The number of benzene rings is 1. The Bertz CT molecular complexity index is 786. The minimum Gasteiger partial charge on any atom is -0.356 e. The number of hydrogen-bond donors (Lipinski definition) is 1. The second-order valence-corrected chi connectivity index (χ2v) is 6.77. The van der Waals surface area contributed by atoms with Gasteiger partial charge in [0, 0.05) is 19.0 Å². The molecule has 1 saturated heterocycles. The fraction of sp³-hybridized carbons (Fsp3) is 0.421. The molecule has 2 aromatic rings. The minimum atomic E-state index is 0.0204. The van der Waals surface area contributed by atoms with Crippen LogP contribution < -0.4 is 10.3 Å². The quantitative estimate of drug-likeness (QED) is 0.674. The zero-order valence-corrected chi connectivity index (χ0v) is 14.5. The number of nitrogens with one attached hydrogen (secondary N) is 1. The van der Waals surface area contributed by atoms with Crippen LogP contribution in [0.25, 0.3) is 5.69 Å². The number of carbonyl (C=O) groups is 1. The maximum Gasteiger partial charge on any atom is 0.243 e. The summed E-state index contributed by atoms with van der Waals surface area (Å²) in [5, 5.41) is 8.94. The molecule has 0 unspecified atom stereocenters. The van der Waals surface area contributed by atoms with Crippen molar-refractivity contribution in [1.29, 1.82) is 0 Å². The second-order valence-electron chi connectivity index (χ2n) is 6.77. The van der Waals surface area contributed by atoms with Crippen LogP contribution in [0.5, 0.6) is 0 Å². The van der Waals surface area contributed by atoms with Gasteiger partial charge in [-0.15, -0.1) is 0 Å². The van der Waals surface area contributed by atoms with Crippen molar-refractivity contribution in [1.82, 2.24) is 15.2 Å². The summed E-state index contributed by atoms with van der Waals surface area (Å²) >= 11 is 0. The van der Waals surface area contributed by atoms with Gasteiger partial charge in [0.15, 0.2) is 0 Å². The Kier molecular flexibility index (Phi) is 4.26. The molecule has 6 nitrogen and oxygen atoms in total. The van der Waals surface area contributed by atoms with E-state index in [0.717, 1.165) is 48.7 Å². The van der Waals surface area contributed by atoms with Gasteiger partial charge in [-0.2, -0.15) is 10.2 Å². The van der Waals surface area contributed by atoms with Crippen molar-refractivity contribution in [2.45, 2.75) is 32.6 Å². The van der Waals surface area contributed by atoms with E-state index in [2.05, 4.69) is 27.6 Å². The van der Waals surface area contributed by atoms with Gasteiger partial charge >= 0.3 is 0 Å². The Morgan fingerprint density at radius 2 is 1.96 bits per heavy atom. The first-order valence-corrected chi connectivity index (χ1v) is 8.97. The van der Waals surface area contributed by atoms with E-state index in [-0.39, 0.29) is 11.8 Å². The molecule has 1 N–H and O–H groups in total. The third kappa shape index (κ3) is 3.29. The van der Waals surface area contributed by atoms with Gasteiger partial charge in [-0.05, 0) is 44.7 Å². The number of aryl methyl sites for hydroxylation is 1. The third-order valence-corrected chi connectivity index (χ3v) is 4.80. The number of anilines is 1. The smallest absolute Gasteiger partial charge is 0.243 e. The molecular weight excluding hydrogens is 314 g/mol. The number of para-hydroxylation sites is 1. The molecule has 0 atom stereocenters. The molecule has 130 valence electrons. The van der Waals surface area contributed by atoms with Crippen molar-refractivity contribution >= 4 is 17.9 Å². The first-order chi connectivity index (χ1) is 12.2. The number of hydrazone groups is 1. The first-order valence-electron chi connectivity index (χ1n) is 8.97. The van der Waals surface area contributed by atoms with Crippen molar-refractivity contribution in [3.05, 3.63) is 41.6 Å². The highest BCUT2D eigenvalue weighted by molar-refractivity contribution is 5.90. The average molecular weight is 337 g/mol. The molecule has 2 aliphatic rings. The molecule has 1 amide bonds. The summed E-state index contributed by atoms with van der Waals surface area (Å²) < 4.78 is 1.99. The van der Waals surface area contributed by atoms with Gasteiger partial charge in [-0.3, -0.25) is 4.79 Å². The van der Waals surface area contributed by atoms with Crippen LogP contribution in [-0.4, -0.2) is 35.0 Å². The standard InChI is InChI=1S/C19H23N5O/c1-14-17(13-20-21-18(25)15-9-10-15)19(23-11-5-6-12-23)24(22-14)16-7-3-2-4-8-16/h2-4,7-8,13,15H,5-6,9-12H2,1H3,(H,21,25)/b20-13+. The summed E-state index contributed by atoms with van der Waals surface area (Å²) in [6.45, 7) is 4.03. The van der Waals surface area contributed by atoms with E-state index in [4.69, 9.17) is 5.10 Å². The predicted molar refractivity (Wildman–Crippen MR) is 98.2 cm³/mol. The molecule has 0 spiro atoms. The average Bonchev–Trinajstić information content (AvgIpc) is 3.25. The Labute approximate surface area is 147 Å². The van der Waals surface area contributed by atoms with Crippen LogP contribution in [0.4, 0.5) is 5.82 Å². The van der Waals surface area contributed by atoms with Crippen LogP contribution in [0.2, 0.25) is 0 Å². The first kappa shape index (κ1) is 15.9. The van der Waals surface area contributed by atoms with Gasteiger partial charge in [0.05, 0.1) is 23.2 Å². The number of rotatable bonds is 5. The molecule has 2 fully saturated rings. The zero-order chi connectivity index (χ0) is 17.2. The summed E-state index contributed by atoms with van der Waals surface area (Å²) in [6.07, 6.45) is 6.08. The molecular formula is C19H23N5O. The second kappa shape index (κ2) is 6.70. The SMILES string of the molecule is Cc1nn(-c2ccccc2)c(N2CCCC2)c1/C=N/NC(=O)C1CC1. The number of amides is 1. The van der Waals surface area contributed by atoms with Gasteiger partial charge in [-0.1, -0.05) is 18.2 Å². The molecule has 1 aliphatic heterocycles. The van der Waals surface area contributed by atoms with Crippen molar-refractivity contribution in [2.75, 3.05) is 18.0 Å². The Morgan fingerprint density at radius 1 is 1.24 bits per heavy atom. The molecule has 6 heteroatoms. The van der Waals surface area contributed by atoms with Crippen LogP contribution in [0, 0.1) is 12.8 Å². The Hall–Kier alpha value is -2.63. The van der Waals surface area contributed by atoms with Gasteiger partial charge in [-0.25, -0.2) is 10.1 Å². The Balaban J connectivity index is 1.68. The molecule has 1 aromatic carbocycles. The summed E-state index contributed by atoms with van der Waals surface area (Å²) in [5.74, 6) is 1.24. The van der Waals surface area contributed by atoms with Gasteiger partial charge in [0.2, 0.25) is 5.91 Å². The van der Waals surface area contributed by atoms with Crippen LogP contribution in [0.3, 0.4) is 0 Å². The fourth-order valence-corrected chi connectivity index (χ4v) is 3.26. The highest BCUT2D eigenvalue weighted by Gasteiger charge is 2.29. The van der Waals surface area contributed by atoms with Crippen LogP contribution in [0.15, 0.2) is 35.4 Å². The summed E-state index contributed by atoms with van der Waals surface area (Å²) in [6, 6.07) is 10.2. The number of hydrogen-bond acceptors (Lipinski definition) is 4. The highest BCUT2D eigenvalue weighted by atomic mass is 16.2. The van der Waals surface area contributed by atoms with E-state index < -0.39 is 0 Å². The van der Waals surface area contributed by atoms with Crippen molar-refractivity contribution in [3.8, 4) is 5.69 Å². The summed E-state index contributed by atoms with van der Waals surface area (Å²) in [5.41, 5.74) is 5.58. The lowest BCUT2D eigenvalue weighted by atomic mass is 10.2. The van der Waals surface area contributed by atoms with Crippen molar-refractivity contribution < 1.29 is 4.79 Å². The number of carbonyl (C=O) groups excluding carboxylic acids is 1. The summed E-state index contributed by atoms with van der Waals surface area (Å²) in [7, 11) is 0. The lowest BCUT2D eigenvalue weighted by molar-refractivity contribution is -0.122. The highest BCUT2D eigenvalue weighted by Crippen LogP contribution is 2.30. The number of aromatic nitrogens is 2. The maximum absolute atomic E-state index is 11.8. The minimum absolute atomic E-state index is 0.0204. The van der Waals surface area contributed by atoms with E-state index in [0.29, 0.717) is 0 Å². The summed E-state index contributed by atoms with van der Waals surface area (Å²) in [4.78, 5) is 14.2. The van der Waals surface area contributed by atoms with Crippen molar-refractivity contribution in [2.24, 2.45) is 11.0 Å².